The summed E-state index contributed by atoms with van der Waals surface area (Å²) in [5.74, 6) is 0. The van der Waals surface area contributed by atoms with Crippen LogP contribution >= 0.6 is 11.6 Å². The molecule has 2 nitrogen and oxygen atoms in total. The highest BCUT2D eigenvalue weighted by Gasteiger charge is 1.98. The Balaban J connectivity index is 2.26. The van der Waals surface area contributed by atoms with Gasteiger partial charge in [0.05, 0.1) is 11.4 Å². The summed E-state index contributed by atoms with van der Waals surface area (Å²) in [5, 5.41) is 3.91. The molecule has 15 heavy (non-hydrogen) atoms. The lowest BCUT2D eigenvalue weighted by Gasteiger charge is -2.08. The molecule has 0 radical (unpaired) electrons. The van der Waals surface area contributed by atoms with Gasteiger partial charge in [0.15, 0.2) is 0 Å². The fourth-order valence-corrected chi connectivity index (χ4v) is 1.52. The van der Waals surface area contributed by atoms with E-state index in [1.165, 1.54) is 0 Å². The lowest BCUT2D eigenvalue weighted by atomic mass is 10.2. The van der Waals surface area contributed by atoms with E-state index in [1.54, 1.807) is 0 Å². The van der Waals surface area contributed by atoms with E-state index >= 15 is 0 Å². The van der Waals surface area contributed by atoms with Crippen molar-refractivity contribution < 1.29 is 0 Å². The number of nitrogen functional groups attached to an aromatic ring is 1. The number of para-hydroxylation sites is 2. The van der Waals surface area contributed by atoms with Crippen molar-refractivity contribution in [2.24, 2.45) is 0 Å². The maximum atomic E-state index is 5.88. The smallest absolute Gasteiger partial charge is 0.0617 e. The first-order valence-corrected chi connectivity index (χ1v) is 5.00. The summed E-state index contributed by atoms with van der Waals surface area (Å²) in [7, 11) is 0. The van der Waals surface area contributed by atoms with Crippen molar-refractivity contribution in [3.05, 3.63) is 53.6 Å². The van der Waals surface area contributed by atoms with Crippen LogP contribution in [0.1, 0.15) is 0 Å². The largest absolute Gasteiger partial charge is 0.397 e. The minimum atomic E-state index is 0.703. The molecule has 0 fully saturated rings. The number of nitrogens with one attached hydrogen (secondary N) is 1. The van der Waals surface area contributed by atoms with Gasteiger partial charge in [-0.05, 0) is 30.3 Å². The lowest BCUT2D eigenvalue weighted by Crippen LogP contribution is -1.95. The average molecular weight is 219 g/mol. The monoisotopic (exact) mass is 218 g/mol. The first kappa shape index (κ1) is 9.87. The zero-order valence-corrected chi connectivity index (χ0v) is 8.83. The third kappa shape index (κ3) is 2.42. The molecule has 0 aliphatic rings. The van der Waals surface area contributed by atoms with Gasteiger partial charge in [-0.2, -0.15) is 0 Å². The molecule has 0 aromatic heterocycles. The Bertz CT molecular complexity index is 469. The average Bonchev–Trinajstić information content (AvgIpc) is 2.22. The maximum absolute atomic E-state index is 5.88. The van der Waals surface area contributed by atoms with Crippen LogP contribution in [0.25, 0.3) is 0 Å². The number of nitrogens with two attached hydrogens (primary N) is 1. The van der Waals surface area contributed by atoms with E-state index in [1.807, 2.05) is 48.5 Å². The Morgan fingerprint density at radius 3 is 2.53 bits per heavy atom. The van der Waals surface area contributed by atoms with E-state index in [0.29, 0.717) is 5.02 Å². The number of hydrogen-bond donors (Lipinski definition) is 2. The highest BCUT2D eigenvalue weighted by Crippen LogP contribution is 2.23. The second-order valence-electron chi connectivity index (χ2n) is 3.22. The molecule has 0 aliphatic carbocycles. The molecule has 0 amide bonds. The number of anilines is 3. The molecular weight excluding hydrogens is 208 g/mol. The molecule has 76 valence electrons. The van der Waals surface area contributed by atoms with E-state index in [9.17, 15) is 0 Å². The Morgan fingerprint density at radius 2 is 1.80 bits per heavy atom. The predicted molar refractivity (Wildman–Crippen MR) is 65.6 cm³/mol. The highest BCUT2D eigenvalue weighted by molar-refractivity contribution is 6.30. The van der Waals surface area contributed by atoms with Gasteiger partial charge < -0.3 is 11.1 Å². The summed E-state index contributed by atoms with van der Waals surface area (Å²) in [6, 6.07) is 15.1. The van der Waals surface area contributed by atoms with E-state index in [-0.39, 0.29) is 0 Å². The Kier molecular flexibility index (Phi) is 2.79. The Hall–Kier alpha value is -1.67. The van der Waals surface area contributed by atoms with Gasteiger partial charge in [-0.1, -0.05) is 29.8 Å². The van der Waals surface area contributed by atoms with E-state index in [0.717, 1.165) is 17.1 Å². The number of benzene rings is 2. The van der Waals surface area contributed by atoms with Gasteiger partial charge in [-0.3, -0.25) is 0 Å². The van der Waals surface area contributed by atoms with Crippen LogP contribution in [0.2, 0.25) is 5.02 Å². The summed E-state index contributed by atoms with van der Waals surface area (Å²) in [6.45, 7) is 0. The van der Waals surface area contributed by atoms with Crippen molar-refractivity contribution in [2.45, 2.75) is 0 Å². The molecule has 0 aliphatic heterocycles. The summed E-state index contributed by atoms with van der Waals surface area (Å²) < 4.78 is 0. The maximum Gasteiger partial charge on any atom is 0.0617 e. The molecule has 0 unspecified atom stereocenters. The van der Waals surface area contributed by atoms with Crippen molar-refractivity contribution in [1.82, 2.24) is 0 Å². The van der Waals surface area contributed by atoms with Crippen LogP contribution < -0.4 is 11.1 Å². The first-order chi connectivity index (χ1) is 7.25. The van der Waals surface area contributed by atoms with Crippen molar-refractivity contribution in [1.29, 1.82) is 0 Å². The van der Waals surface area contributed by atoms with Crippen molar-refractivity contribution in [3.8, 4) is 0 Å². The Labute approximate surface area is 93.7 Å². The van der Waals surface area contributed by atoms with Crippen LogP contribution in [0.5, 0.6) is 0 Å². The zero-order valence-electron chi connectivity index (χ0n) is 8.07. The van der Waals surface area contributed by atoms with E-state index in [2.05, 4.69) is 5.32 Å². The van der Waals surface area contributed by atoms with Gasteiger partial charge in [0.2, 0.25) is 0 Å². The molecule has 2 aromatic rings. The summed E-state index contributed by atoms with van der Waals surface area (Å²) in [5.41, 5.74) is 8.35. The molecule has 0 saturated carbocycles. The van der Waals surface area contributed by atoms with E-state index in [4.69, 9.17) is 17.3 Å². The predicted octanol–water partition coefficient (Wildman–Crippen LogP) is 3.67. The summed E-state index contributed by atoms with van der Waals surface area (Å²) in [4.78, 5) is 0. The second-order valence-corrected chi connectivity index (χ2v) is 3.66. The van der Waals surface area contributed by atoms with Gasteiger partial charge >= 0.3 is 0 Å². The van der Waals surface area contributed by atoms with Crippen molar-refractivity contribution in [3.63, 3.8) is 0 Å². The zero-order chi connectivity index (χ0) is 10.7. The molecule has 0 bridgehead atoms. The molecule has 3 N–H and O–H groups in total. The molecule has 3 heteroatoms. The summed E-state index contributed by atoms with van der Waals surface area (Å²) >= 11 is 5.88. The normalized spacial score (nSPS) is 9.93. The standard InChI is InChI=1S/C12H11ClN2/c13-9-4-3-5-10(8-9)15-12-7-2-1-6-11(12)14/h1-8,15H,14H2. The molecule has 2 rings (SSSR count). The fraction of sp³-hybridized carbons (Fsp3) is 0. The minimum Gasteiger partial charge on any atom is -0.397 e. The third-order valence-electron chi connectivity index (χ3n) is 2.06. The van der Waals surface area contributed by atoms with E-state index < -0.39 is 0 Å². The topological polar surface area (TPSA) is 38.0 Å². The molecule has 0 heterocycles. The highest BCUT2D eigenvalue weighted by atomic mass is 35.5. The molecule has 0 atom stereocenters. The van der Waals surface area contributed by atoms with Crippen LogP contribution in [0.3, 0.4) is 0 Å². The molecular formula is C12H11ClN2. The summed E-state index contributed by atoms with van der Waals surface area (Å²) in [6.07, 6.45) is 0. The van der Waals surface area contributed by atoms with Crippen molar-refractivity contribution in [2.75, 3.05) is 11.1 Å². The lowest BCUT2D eigenvalue weighted by molar-refractivity contribution is 1.55. The second kappa shape index (κ2) is 4.24. The molecule has 2 aromatic carbocycles. The minimum absolute atomic E-state index is 0.703. The third-order valence-corrected chi connectivity index (χ3v) is 2.30. The van der Waals surface area contributed by atoms with Gasteiger partial charge in [-0.15, -0.1) is 0 Å². The molecule has 0 spiro atoms. The van der Waals surface area contributed by atoms with Crippen LogP contribution in [0.4, 0.5) is 17.1 Å². The van der Waals surface area contributed by atoms with Gasteiger partial charge in [0, 0.05) is 10.7 Å². The quantitative estimate of drug-likeness (QED) is 0.755. The van der Waals surface area contributed by atoms with Crippen molar-refractivity contribution >= 4 is 28.7 Å². The van der Waals surface area contributed by atoms with Gasteiger partial charge in [0.25, 0.3) is 0 Å². The first-order valence-electron chi connectivity index (χ1n) is 4.63. The number of hydrogen-bond acceptors (Lipinski definition) is 2. The van der Waals surface area contributed by atoms with Gasteiger partial charge in [0.1, 0.15) is 0 Å². The van der Waals surface area contributed by atoms with Crippen LogP contribution in [0, 0.1) is 0 Å². The van der Waals surface area contributed by atoms with Crippen LogP contribution in [-0.2, 0) is 0 Å². The SMILES string of the molecule is Nc1ccccc1Nc1cccc(Cl)c1. The molecule has 0 saturated heterocycles. The fourth-order valence-electron chi connectivity index (χ4n) is 1.33. The van der Waals surface area contributed by atoms with Crippen LogP contribution in [-0.4, -0.2) is 0 Å². The number of halogens is 1. The number of rotatable bonds is 2. The Morgan fingerprint density at radius 1 is 1.00 bits per heavy atom. The van der Waals surface area contributed by atoms with Gasteiger partial charge in [-0.25, -0.2) is 0 Å². The van der Waals surface area contributed by atoms with Crippen LogP contribution in [0.15, 0.2) is 48.5 Å².